The Balaban J connectivity index is 3.39. The summed E-state index contributed by atoms with van der Waals surface area (Å²) in [6.07, 6.45) is 0.413. The fourth-order valence-electron chi connectivity index (χ4n) is 1.23. The molecule has 0 spiro atoms. The zero-order chi connectivity index (χ0) is 10.9. The molecule has 0 amide bonds. The summed E-state index contributed by atoms with van der Waals surface area (Å²) in [4.78, 5) is 0. The first-order valence-corrected chi connectivity index (χ1v) is 4.31. The van der Waals surface area contributed by atoms with E-state index in [2.05, 4.69) is 0 Å². The third kappa shape index (κ3) is 1.74. The van der Waals surface area contributed by atoms with Gasteiger partial charge in [0.1, 0.15) is 0 Å². The first-order chi connectivity index (χ1) is 6.49. The van der Waals surface area contributed by atoms with E-state index < -0.39 is 34.8 Å². The van der Waals surface area contributed by atoms with E-state index in [1.165, 1.54) is 6.92 Å². The molecule has 0 radical (unpaired) electrons. The maximum Gasteiger partial charge on any atom is 0.165 e. The van der Waals surface area contributed by atoms with Gasteiger partial charge in [-0.2, -0.15) is 0 Å². The van der Waals surface area contributed by atoms with E-state index in [-0.39, 0.29) is 6.07 Å². The molecule has 4 heteroatoms. The van der Waals surface area contributed by atoms with Crippen molar-refractivity contribution in [2.45, 2.75) is 26.2 Å². The Hall–Kier alpha value is -1.06. The lowest BCUT2D eigenvalue weighted by Crippen LogP contribution is -2.05. The summed E-state index contributed by atoms with van der Waals surface area (Å²) in [5.74, 6) is -5.82. The zero-order valence-electron chi connectivity index (χ0n) is 7.87. The van der Waals surface area contributed by atoms with E-state index >= 15 is 0 Å². The maximum atomic E-state index is 13.1. The molecule has 0 heterocycles. The summed E-state index contributed by atoms with van der Waals surface area (Å²) in [5.41, 5.74) is -0.509. The van der Waals surface area contributed by atoms with Gasteiger partial charge in [-0.15, -0.1) is 0 Å². The van der Waals surface area contributed by atoms with Crippen molar-refractivity contribution in [3.63, 3.8) is 0 Å². The van der Waals surface area contributed by atoms with Crippen molar-refractivity contribution in [3.8, 4) is 0 Å². The van der Waals surface area contributed by atoms with E-state index in [0.717, 1.165) is 0 Å². The third-order valence-corrected chi connectivity index (χ3v) is 2.25. The zero-order valence-corrected chi connectivity index (χ0v) is 7.87. The van der Waals surface area contributed by atoms with Crippen LogP contribution in [0, 0.1) is 23.3 Å². The van der Waals surface area contributed by atoms with Crippen LogP contribution in [0.4, 0.5) is 17.6 Å². The van der Waals surface area contributed by atoms with Crippen LogP contribution in [0.5, 0.6) is 0 Å². The second-order valence-electron chi connectivity index (χ2n) is 3.19. The van der Waals surface area contributed by atoms with Gasteiger partial charge in [0.25, 0.3) is 0 Å². The molecule has 78 valence electrons. The summed E-state index contributed by atoms with van der Waals surface area (Å²) < 4.78 is 51.7. The van der Waals surface area contributed by atoms with Crippen molar-refractivity contribution in [1.82, 2.24) is 0 Å². The van der Waals surface area contributed by atoms with Crippen molar-refractivity contribution >= 4 is 0 Å². The quantitative estimate of drug-likeness (QED) is 0.510. The summed E-state index contributed by atoms with van der Waals surface area (Å²) in [5, 5.41) is 0. The lowest BCUT2D eigenvalue weighted by Gasteiger charge is -2.12. The Kier molecular flexibility index (Phi) is 3.13. The van der Waals surface area contributed by atoms with Crippen molar-refractivity contribution < 1.29 is 17.6 Å². The molecule has 0 aliphatic heterocycles. The van der Waals surface area contributed by atoms with Gasteiger partial charge in [0.15, 0.2) is 23.3 Å². The van der Waals surface area contributed by atoms with Crippen molar-refractivity contribution in [2.75, 3.05) is 0 Å². The summed E-state index contributed by atoms with van der Waals surface area (Å²) >= 11 is 0. The molecule has 1 aromatic rings. The van der Waals surface area contributed by atoms with Gasteiger partial charge in [-0.05, 0) is 12.3 Å². The largest absolute Gasteiger partial charge is 0.204 e. The third-order valence-electron chi connectivity index (χ3n) is 2.25. The second kappa shape index (κ2) is 3.98. The van der Waals surface area contributed by atoms with Gasteiger partial charge in [0, 0.05) is 11.6 Å². The Morgan fingerprint density at radius 2 is 1.50 bits per heavy atom. The molecule has 1 rings (SSSR count). The predicted molar refractivity (Wildman–Crippen MR) is 45.0 cm³/mol. The van der Waals surface area contributed by atoms with Crippen LogP contribution >= 0.6 is 0 Å². The molecule has 0 fully saturated rings. The molecular weight excluding hydrogens is 196 g/mol. The first-order valence-electron chi connectivity index (χ1n) is 4.31. The van der Waals surface area contributed by atoms with E-state index in [4.69, 9.17) is 0 Å². The molecule has 0 saturated heterocycles. The van der Waals surface area contributed by atoms with Crippen LogP contribution in [-0.4, -0.2) is 0 Å². The lowest BCUT2D eigenvalue weighted by atomic mass is 9.97. The standard InChI is InChI=1S/C10H10F4/c1-3-5(2)8-9(13)6(11)4-7(12)10(8)14/h4-5H,3H2,1-2H3. The Morgan fingerprint density at radius 1 is 1.07 bits per heavy atom. The molecule has 0 aromatic heterocycles. The van der Waals surface area contributed by atoms with E-state index in [0.29, 0.717) is 6.42 Å². The topological polar surface area (TPSA) is 0 Å². The molecule has 0 nitrogen and oxygen atoms in total. The van der Waals surface area contributed by atoms with Gasteiger partial charge in [-0.25, -0.2) is 17.6 Å². The highest BCUT2D eigenvalue weighted by Crippen LogP contribution is 2.28. The molecule has 0 aliphatic rings. The Bertz CT molecular complexity index is 320. The van der Waals surface area contributed by atoms with Gasteiger partial charge < -0.3 is 0 Å². The smallest absolute Gasteiger partial charge is 0.165 e. The molecule has 1 atom stereocenters. The van der Waals surface area contributed by atoms with Gasteiger partial charge in [-0.3, -0.25) is 0 Å². The van der Waals surface area contributed by atoms with Gasteiger partial charge in [0.2, 0.25) is 0 Å². The van der Waals surface area contributed by atoms with Crippen LogP contribution in [0.2, 0.25) is 0 Å². The highest BCUT2D eigenvalue weighted by Gasteiger charge is 2.22. The van der Waals surface area contributed by atoms with Gasteiger partial charge in [0.05, 0.1) is 0 Å². The summed E-state index contributed by atoms with van der Waals surface area (Å²) in [6, 6.07) is 0.219. The minimum Gasteiger partial charge on any atom is -0.204 e. The SMILES string of the molecule is CCC(C)c1c(F)c(F)cc(F)c1F. The predicted octanol–water partition coefficient (Wildman–Crippen LogP) is 3.76. The van der Waals surface area contributed by atoms with Gasteiger partial charge >= 0.3 is 0 Å². The monoisotopic (exact) mass is 206 g/mol. The molecule has 1 unspecified atom stereocenters. The molecule has 0 N–H and O–H groups in total. The minimum absolute atomic E-state index is 0.219. The molecule has 14 heavy (non-hydrogen) atoms. The summed E-state index contributed by atoms with van der Waals surface area (Å²) in [7, 11) is 0. The number of rotatable bonds is 2. The highest BCUT2D eigenvalue weighted by atomic mass is 19.2. The summed E-state index contributed by atoms with van der Waals surface area (Å²) in [6.45, 7) is 3.20. The normalized spacial score (nSPS) is 13.0. The van der Waals surface area contributed by atoms with Crippen LogP contribution in [0.25, 0.3) is 0 Å². The van der Waals surface area contributed by atoms with Crippen LogP contribution in [0.3, 0.4) is 0 Å². The molecule has 1 aromatic carbocycles. The lowest BCUT2D eigenvalue weighted by molar-refractivity contribution is 0.427. The van der Waals surface area contributed by atoms with Crippen molar-refractivity contribution in [3.05, 3.63) is 34.9 Å². The molecular formula is C10H10F4. The number of halogens is 4. The van der Waals surface area contributed by atoms with Crippen molar-refractivity contribution in [1.29, 1.82) is 0 Å². The van der Waals surface area contributed by atoms with Crippen LogP contribution in [-0.2, 0) is 0 Å². The highest BCUT2D eigenvalue weighted by molar-refractivity contribution is 5.25. The number of benzene rings is 1. The van der Waals surface area contributed by atoms with Crippen molar-refractivity contribution in [2.24, 2.45) is 0 Å². The Labute approximate surface area is 79.6 Å². The van der Waals surface area contributed by atoms with E-state index in [1.54, 1.807) is 6.92 Å². The number of hydrogen-bond acceptors (Lipinski definition) is 0. The average Bonchev–Trinajstić information content (AvgIpc) is 2.15. The fourth-order valence-corrected chi connectivity index (χ4v) is 1.23. The second-order valence-corrected chi connectivity index (χ2v) is 3.19. The average molecular weight is 206 g/mol. The maximum absolute atomic E-state index is 13.1. The van der Waals surface area contributed by atoms with Crippen LogP contribution in [0.1, 0.15) is 31.7 Å². The molecule has 0 bridgehead atoms. The van der Waals surface area contributed by atoms with Crippen LogP contribution < -0.4 is 0 Å². The Morgan fingerprint density at radius 3 is 1.86 bits per heavy atom. The fraction of sp³-hybridized carbons (Fsp3) is 0.400. The minimum atomic E-state index is -1.35. The number of hydrogen-bond donors (Lipinski definition) is 0. The molecule has 0 aliphatic carbocycles. The van der Waals surface area contributed by atoms with E-state index in [1.807, 2.05) is 0 Å². The molecule has 0 saturated carbocycles. The van der Waals surface area contributed by atoms with E-state index in [9.17, 15) is 17.6 Å². The van der Waals surface area contributed by atoms with Crippen LogP contribution in [0.15, 0.2) is 6.07 Å². The van der Waals surface area contributed by atoms with Gasteiger partial charge in [-0.1, -0.05) is 13.8 Å². The first kappa shape index (κ1) is 11.0.